The zero-order valence-corrected chi connectivity index (χ0v) is 62.7. The number of hydrogen-bond donors (Lipinski definition) is 7. The van der Waals surface area contributed by atoms with E-state index in [1.54, 1.807) is 92.2 Å². The molecule has 10 amide bonds. The number of nitrogens with zero attached hydrogens (tertiary/aromatic N) is 4. The summed E-state index contributed by atoms with van der Waals surface area (Å²) in [6, 6.07) is 18.5. The molecule has 2 aliphatic rings. The van der Waals surface area contributed by atoms with E-state index in [0.717, 1.165) is 30.4 Å². The van der Waals surface area contributed by atoms with Gasteiger partial charge in [0, 0.05) is 65.6 Å². The van der Waals surface area contributed by atoms with Gasteiger partial charge in [-0.05, 0) is 125 Å². The number of aliphatic hydroxyl groups excluding tert-OH is 1. The number of carbonyl (C=O) groups is 11. The van der Waals surface area contributed by atoms with E-state index >= 15 is 0 Å². The molecule has 13 atom stereocenters. The van der Waals surface area contributed by atoms with Crippen LogP contribution in [0.25, 0.3) is 0 Å². The summed E-state index contributed by atoms with van der Waals surface area (Å²) in [5.41, 5.74) is 8.64. The third-order valence-corrected chi connectivity index (χ3v) is 19.2. The fourth-order valence-corrected chi connectivity index (χ4v) is 13.3. The van der Waals surface area contributed by atoms with Gasteiger partial charge in [-0.1, -0.05) is 142 Å². The molecule has 0 radical (unpaired) electrons. The highest BCUT2D eigenvalue weighted by molar-refractivity contribution is 6.20. The number of anilines is 1. The van der Waals surface area contributed by atoms with Crippen LogP contribution in [-0.2, 0) is 76.8 Å². The van der Waals surface area contributed by atoms with Gasteiger partial charge in [0.2, 0.25) is 41.4 Å². The van der Waals surface area contributed by atoms with Crippen LogP contribution in [0, 0.1) is 35.5 Å². The topological polar surface area (TPSA) is 335 Å². The first kappa shape index (κ1) is 85.3. The van der Waals surface area contributed by atoms with E-state index in [9.17, 15) is 57.8 Å². The number of aliphatic hydroxyl groups is 1. The fourth-order valence-electron chi connectivity index (χ4n) is 13.3. The monoisotopic (exact) mass is 1410 g/mol. The summed E-state index contributed by atoms with van der Waals surface area (Å²) in [4.78, 5) is 148. The summed E-state index contributed by atoms with van der Waals surface area (Å²) in [6.07, 6.45) is 2.52. The number of nitrogens with one attached hydrogen (secondary N) is 5. The van der Waals surface area contributed by atoms with Crippen molar-refractivity contribution in [3.8, 4) is 0 Å². The number of carbonyl (C=O) groups excluding carboxylic acids is 11. The van der Waals surface area contributed by atoms with Crippen molar-refractivity contribution in [3.05, 3.63) is 101 Å². The zero-order chi connectivity index (χ0) is 75.5. The third kappa shape index (κ3) is 25.7. The molecule has 2 fully saturated rings. The van der Waals surface area contributed by atoms with E-state index in [4.69, 9.17) is 19.9 Å². The number of benzene rings is 3. The molecule has 101 heavy (non-hydrogen) atoms. The Bertz CT molecular complexity index is 3200. The quantitative estimate of drug-likeness (QED) is 0.0217. The van der Waals surface area contributed by atoms with Crippen LogP contribution in [0.5, 0.6) is 0 Å². The second-order valence-corrected chi connectivity index (χ2v) is 28.4. The maximum atomic E-state index is 13.7. The van der Waals surface area contributed by atoms with Crippen LogP contribution in [0.15, 0.2) is 78.9 Å². The van der Waals surface area contributed by atoms with E-state index < -0.39 is 72.3 Å². The van der Waals surface area contributed by atoms with E-state index in [0.29, 0.717) is 48.5 Å². The van der Waals surface area contributed by atoms with Crippen molar-refractivity contribution in [1.29, 1.82) is 0 Å². The van der Waals surface area contributed by atoms with E-state index in [2.05, 4.69) is 45.3 Å². The molecule has 0 aliphatic carbocycles. The zero-order valence-electron chi connectivity index (χ0n) is 62.7. The smallest absolute Gasteiger partial charge is 0.410 e. The summed E-state index contributed by atoms with van der Waals surface area (Å²) in [6.45, 7) is 22.6. The number of hydrogen-bond acceptors (Lipinski definition) is 16. The minimum absolute atomic E-state index is 0.0343. The lowest BCUT2D eigenvalue weighted by Gasteiger charge is -2.38. The van der Waals surface area contributed by atoms with Crippen molar-refractivity contribution in [2.24, 2.45) is 41.2 Å². The van der Waals surface area contributed by atoms with Crippen molar-refractivity contribution in [2.75, 3.05) is 53.4 Å². The van der Waals surface area contributed by atoms with Gasteiger partial charge < -0.3 is 61.4 Å². The number of methoxy groups -OCH3 is 2. The number of primary amides is 1. The molecule has 2 heterocycles. The Hall–Kier alpha value is -8.13. The highest BCUT2D eigenvalue weighted by atomic mass is 16.6. The van der Waals surface area contributed by atoms with E-state index in [-0.39, 0.29) is 128 Å². The summed E-state index contributed by atoms with van der Waals surface area (Å²) >= 11 is 0. The maximum absolute atomic E-state index is 13.7. The molecule has 0 bridgehead atoms. The van der Waals surface area contributed by atoms with Gasteiger partial charge in [0.05, 0.1) is 60.5 Å². The third-order valence-electron chi connectivity index (χ3n) is 19.2. The molecule has 560 valence electrons. The molecule has 2 unspecified atom stereocenters. The lowest BCUT2D eigenvalue weighted by atomic mass is 9.90. The number of ether oxygens (including phenoxy) is 3. The SMILES string of the molecule is CC(=O)[C@H](NC(=O)[C@H](C(C)C)N(C)C(=O)OCc1ccc(CC(=O)[C@H](CCCNC(N)=O)NC(=O)[C@@H](NC(=O)CCCc2ccc(N3C(=O)CC(C)C3=O)cc2)C(C)C)cc1)C(C)C.CC[C@H](C)C([C@@H](CC(=O)N1CCC[C@H]1[C@H](OC)[C@@H](C)C(=O)N[C@H](C)[C@@H](O)c1ccccc1)OC)N(C)C. The number of aryl methyl sites for hydroxylation is 1. The molecule has 3 aromatic rings. The molecule has 2 saturated heterocycles. The highest BCUT2D eigenvalue weighted by Crippen LogP contribution is 2.31. The number of likely N-dealkylation sites (N-methyl/N-ethyl adjacent to an activating group) is 2. The Kier molecular flexibility index (Phi) is 35.2. The second kappa shape index (κ2) is 41.7. The number of imide groups is 1. The molecular weight excluding hydrogens is 1290 g/mol. The van der Waals surface area contributed by atoms with Crippen LogP contribution >= 0.6 is 0 Å². The fraction of sp³-hybridized carbons (Fsp3) is 0.618. The van der Waals surface area contributed by atoms with Gasteiger partial charge in [-0.3, -0.25) is 53.0 Å². The van der Waals surface area contributed by atoms with Crippen LogP contribution in [0.2, 0.25) is 0 Å². The molecule has 2 aliphatic heterocycles. The summed E-state index contributed by atoms with van der Waals surface area (Å²) in [5, 5.41) is 24.5. The molecule has 8 N–H and O–H groups in total. The molecular formula is C76H116N10O15. The van der Waals surface area contributed by atoms with Crippen LogP contribution in [0.4, 0.5) is 15.3 Å². The number of likely N-dealkylation sites (tertiary alicyclic amines) is 1. The van der Waals surface area contributed by atoms with Crippen LogP contribution in [0.1, 0.15) is 169 Å². The van der Waals surface area contributed by atoms with E-state index in [1.807, 2.05) is 82.2 Å². The second-order valence-electron chi connectivity index (χ2n) is 28.4. The number of nitrogens with two attached hydrogens (primary N) is 1. The summed E-state index contributed by atoms with van der Waals surface area (Å²) in [7, 11) is 8.80. The average molecular weight is 1410 g/mol. The van der Waals surface area contributed by atoms with Crippen molar-refractivity contribution < 1.29 is 72.1 Å². The Labute approximate surface area is 598 Å². The Morgan fingerprint density at radius 3 is 1.87 bits per heavy atom. The molecule has 0 aromatic heterocycles. The molecule has 0 spiro atoms. The first-order valence-electron chi connectivity index (χ1n) is 35.6. The predicted molar refractivity (Wildman–Crippen MR) is 386 cm³/mol. The molecule has 5 rings (SSSR count). The first-order chi connectivity index (χ1) is 47.7. The van der Waals surface area contributed by atoms with Gasteiger partial charge in [-0.2, -0.15) is 0 Å². The van der Waals surface area contributed by atoms with Gasteiger partial charge in [0.15, 0.2) is 11.6 Å². The Morgan fingerprint density at radius 2 is 1.34 bits per heavy atom. The molecule has 3 aromatic carbocycles. The van der Waals surface area contributed by atoms with Gasteiger partial charge in [-0.15, -0.1) is 0 Å². The lowest BCUT2D eigenvalue weighted by molar-refractivity contribution is -0.143. The Morgan fingerprint density at radius 1 is 0.723 bits per heavy atom. The van der Waals surface area contributed by atoms with Gasteiger partial charge in [0.25, 0.3) is 0 Å². The van der Waals surface area contributed by atoms with Crippen LogP contribution in [-0.4, -0.2) is 188 Å². The number of urea groups is 1. The average Bonchev–Trinajstić information content (AvgIpc) is 1.71. The molecule has 25 heteroatoms. The normalized spacial score (nSPS) is 17.8. The lowest BCUT2D eigenvalue weighted by Crippen LogP contribution is -2.55. The molecule has 25 nitrogen and oxygen atoms in total. The van der Waals surface area contributed by atoms with Crippen molar-refractivity contribution in [3.63, 3.8) is 0 Å². The van der Waals surface area contributed by atoms with Crippen LogP contribution in [0.3, 0.4) is 0 Å². The maximum Gasteiger partial charge on any atom is 0.410 e. The summed E-state index contributed by atoms with van der Waals surface area (Å²) in [5.74, 6) is -3.63. The van der Waals surface area contributed by atoms with Gasteiger partial charge >= 0.3 is 12.1 Å². The minimum Gasteiger partial charge on any atom is -0.445 e. The number of ketones is 2. The molecule has 0 saturated carbocycles. The van der Waals surface area contributed by atoms with E-state index in [1.165, 1.54) is 23.8 Å². The summed E-state index contributed by atoms with van der Waals surface area (Å²) < 4.78 is 17.2. The predicted octanol–water partition coefficient (Wildman–Crippen LogP) is 7.37. The first-order valence-corrected chi connectivity index (χ1v) is 35.6. The number of amides is 10. The highest BCUT2D eigenvalue weighted by Gasteiger charge is 2.43. The minimum atomic E-state index is -0.953. The number of rotatable bonds is 38. The van der Waals surface area contributed by atoms with Gasteiger partial charge in [-0.25, -0.2) is 9.59 Å². The van der Waals surface area contributed by atoms with Crippen molar-refractivity contribution in [1.82, 2.24) is 41.3 Å². The number of Topliss-reactive ketones (excluding diaryl/α,β-unsaturated/α-hetero) is 2. The largest absolute Gasteiger partial charge is 0.445 e. The van der Waals surface area contributed by atoms with Crippen molar-refractivity contribution >= 4 is 70.7 Å². The van der Waals surface area contributed by atoms with Crippen LogP contribution < -0.4 is 37.2 Å². The van der Waals surface area contributed by atoms with Crippen molar-refractivity contribution in [2.45, 2.75) is 221 Å². The standard InChI is InChI=1S/C47H67N7O10.C29H49N3O5/c1-27(2)40(31(8)55)52-44(60)42(29(5)6)53(9)47(63)64-26-34-17-15-33(16-18-34)25-37(56)36(13-11-23-49-46(48)62)50-43(59)41(28(3)4)51-38(57)14-10-12-32-19-21-35(22-20-32)54-39(58)24-30(7)45(54)61;1-9-19(2)26(31(5)6)24(36-7)18-25(33)32-17-13-16-23(32)28(37-8)20(3)29(35)30-21(4)27(34)22-14-11-10-12-15-22/h15-22,27-30,36,40-42H,10-14,23-26H2,1-9H3,(H,50,59)(H,51,57)(H,52,60)(H3,48,49,62);10-12,14-15,19-21,23-24,26-28,34H,9,13,16-18H2,1-8H3,(H,30,35)/t30?,36-,40+,41-,42-;19-,20+,21+,23-,24+,26?,27+,28+/m00/s1. The Balaban J connectivity index is 0.000000495. The van der Waals surface area contributed by atoms with Gasteiger partial charge in [0.1, 0.15) is 18.7 Å².